The summed E-state index contributed by atoms with van der Waals surface area (Å²) in [5.74, 6) is 0.756. The smallest absolute Gasteiger partial charge is 0.302 e. The lowest BCUT2D eigenvalue weighted by atomic mass is 10.00. The zero-order chi connectivity index (χ0) is 12.7. The molecule has 0 bridgehead atoms. The Balaban J connectivity index is 1.82. The first-order chi connectivity index (χ1) is 8.65. The maximum absolute atomic E-state index is 11.7. The standard InChI is InChI=1S/C14H14O4/c1-8(15)17-7-9-6-12-10-2-4-13(16)11(10)3-5-14(12)18-9/h3,5,9H,2,4,6-7H2,1H3/t9-/m1/s1. The molecule has 1 aliphatic heterocycles. The van der Waals surface area contributed by atoms with Crippen molar-refractivity contribution >= 4 is 11.8 Å². The van der Waals surface area contributed by atoms with Crippen LogP contribution in [0.3, 0.4) is 0 Å². The first kappa shape index (κ1) is 11.3. The Morgan fingerprint density at radius 1 is 1.39 bits per heavy atom. The van der Waals surface area contributed by atoms with Crippen LogP contribution in [0.25, 0.3) is 0 Å². The molecule has 18 heavy (non-hydrogen) atoms. The van der Waals surface area contributed by atoms with E-state index in [-0.39, 0.29) is 24.5 Å². The summed E-state index contributed by atoms with van der Waals surface area (Å²) >= 11 is 0. The van der Waals surface area contributed by atoms with Crippen LogP contribution >= 0.6 is 0 Å². The quantitative estimate of drug-likeness (QED) is 0.745. The molecule has 0 N–H and O–H groups in total. The van der Waals surface area contributed by atoms with Gasteiger partial charge in [0.05, 0.1) is 0 Å². The van der Waals surface area contributed by atoms with E-state index >= 15 is 0 Å². The fourth-order valence-electron chi connectivity index (χ4n) is 2.68. The van der Waals surface area contributed by atoms with Gasteiger partial charge in [-0.05, 0) is 24.1 Å². The minimum absolute atomic E-state index is 0.119. The highest BCUT2D eigenvalue weighted by atomic mass is 16.6. The SMILES string of the molecule is CC(=O)OC[C@H]1Cc2c(ccc3c2CCC3=O)O1. The number of fused-ring (bicyclic) bond motifs is 3. The van der Waals surface area contributed by atoms with E-state index in [1.165, 1.54) is 6.92 Å². The molecule has 1 aromatic rings. The van der Waals surface area contributed by atoms with Gasteiger partial charge in [-0.1, -0.05) is 0 Å². The zero-order valence-corrected chi connectivity index (χ0v) is 10.2. The maximum atomic E-state index is 11.7. The average molecular weight is 246 g/mol. The molecule has 0 saturated heterocycles. The Morgan fingerprint density at radius 2 is 2.22 bits per heavy atom. The van der Waals surface area contributed by atoms with Crippen molar-refractivity contribution in [1.29, 1.82) is 0 Å². The Bertz CT molecular complexity index is 533. The van der Waals surface area contributed by atoms with Gasteiger partial charge in [0.2, 0.25) is 0 Å². The first-order valence-corrected chi connectivity index (χ1v) is 6.13. The van der Waals surface area contributed by atoms with E-state index in [0.29, 0.717) is 6.42 Å². The third-order valence-electron chi connectivity index (χ3n) is 3.49. The lowest BCUT2D eigenvalue weighted by Gasteiger charge is -2.09. The van der Waals surface area contributed by atoms with Gasteiger partial charge in [0, 0.05) is 30.9 Å². The van der Waals surface area contributed by atoms with Gasteiger partial charge in [-0.15, -0.1) is 0 Å². The highest BCUT2D eigenvalue weighted by Crippen LogP contribution is 2.37. The van der Waals surface area contributed by atoms with E-state index in [0.717, 1.165) is 35.3 Å². The summed E-state index contributed by atoms with van der Waals surface area (Å²) in [5, 5.41) is 0. The van der Waals surface area contributed by atoms with Crippen LogP contribution in [0.5, 0.6) is 5.75 Å². The number of hydrogen-bond donors (Lipinski definition) is 0. The molecule has 0 fully saturated rings. The monoisotopic (exact) mass is 246 g/mol. The minimum atomic E-state index is -0.296. The Hall–Kier alpha value is -1.84. The van der Waals surface area contributed by atoms with Crippen LogP contribution in [0.2, 0.25) is 0 Å². The number of ether oxygens (including phenoxy) is 2. The predicted octanol–water partition coefficient (Wildman–Crippen LogP) is 1.68. The highest BCUT2D eigenvalue weighted by Gasteiger charge is 2.31. The van der Waals surface area contributed by atoms with E-state index in [1.54, 1.807) is 0 Å². The van der Waals surface area contributed by atoms with Crippen molar-refractivity contribution in [2.24, 2.45) is 0 Å². The second-order valence-electron chi connectivity index (χ2n) is 4.74. The van der Waals surface area contributed by atoms with Gasteiger partial charge in [-0.2, -0.15) is 0 Å². The summed E-state index contributed by atoms with van der Waals surface area (Å²) in [6, 6.07) is 3.70. The van der Waals surface area contributed by atoms with Gasteiger partial charge in [0.1, 0.15) is 18.5 Å². The largest absolute Gasteiger partial charge is 0.486 e. The van der Waals surface area contributed by atoms with E-state index in [4.69, 9.17) is 9.47 Å². The number of carbonyl (C=O) groups excluding carboxylic acids is 2. The Labute approximate surface area is 105 Å². The van der Waals surface area contributed by atoms with Crippen molar-refractivity contribution in [3.8, 4) is 5.75 Å². The van der Waals surface area contributed by atoms with Crippen molar-refractivity contribution < 1.29 is 19.1 Å². The normalized spacial score (nSPS) is 20.3. The zero-order valence-electron chi connectivity index (χ0n) is 10.2. The third kappa shape index (κ3) is 1.78. The number of rotatable bonds is 2. The Kier molecular flexibility index (Phi) is 2.58. The van der Waals surface area contributed by atoms with Crippen molar-refractivity contribution in [1.82, 2.24) is 0 Å². The first-order valence-electron chi connectivity index (χ1n) is 6.13. The number of ketones is 1. The second-order valence-corrected chi connectivity index (χ2v) is 4.74. The molecule has 1 aromatic carbocycles. The molecule has 4 heteroatoms. The molecule has 1 aliphatic carbocycles. The minimum Gasteiger partial charge on any atom is -0.486 e. The van der Waals surface area contributed by atoms with Gasteiger partial charge in [0.25, 0.3) is 0 Å². The van der Waals surface area contributed by atoms with Crippen LogP contribution in [-0.2, 0) is 22.4 Å². The van der Waals surface area contributed by atoms with E-state index < -0.39 is 0 Å². The summed E-state index contributed by atoms with van der Waals surface area (Å²) in [5.41, 5.74) is 3.09. The highest BCUT2D eigenvalue weighted by molar-refractivity contribution is 6.01. The second kappa shape index (κ2) is 4.12. The molecular weight excluding hydrogens is 232 g/mol. The van der Waals surface area contributed by atoms with Gasteiger partial charge < -0.3 is 9.47 Å². The van der Waals surface area contributed by atoms with Crippen LogP contribution in [0, 0.1) is 0 Å². The molecule has 1 heterocycles. The number of benzene rings is 1. The van der Waals surface area contributed by atoms with Gasteiger partial charge in [-0.3, -0.25) is 9.59 Å². The van der Waals surface area contributed by atoms with Crippen molar-refractivity contribution in [3.63, 3.8) is 0 Å². The molecule has 0 spiro atoms. The molecule has 1 atom stereocenters. The molecule has 4 nitrogen and oxygen atoms in total. The number of Topliss-reactive ketones (excluding diaryl/α,β-unsaturated/α-hetero) is 1. The van der Waals surface area contributed by atoms with Gasteiger partial charge in [-0.25, -0.2) is 0 Å². The molecular formula is C14H14O4. The van der Waals surface area contributed by atoms with Crippen LogP contribution in [0.1, 0.15) is 34.8 Å². The van der Waals surface area contributed by atoms with Crippen molar-refractivity contribution in [2.45, 2.75) is 32.3 Å². The van der Waals surface area contributed by atoms with Crippen LogP contribution in [0.4, 0.5) is 0 Å². The molecule has 0 aromatic heterocycles. The van der Waals surface area contributed by atoms with Gasteiger partial charge >= 0.3 is 5.97 Å². The maximum Gasteiger partial charge on any atom is 0.302 e. The lowest BCUT2D eigenvalue weighted by Crippen LogP contribution is -2.21. The van der Waals surface area contributed by atoms with Crippen LogP contribution < -0.4 is 4.74 Å². The summed E-state index contributed by atoms with van der Waals surface area (Å²) in [6.07, 6.45) is 2.01. The molecule has 2 aliphatic rings. The van der Waals surface area contributed by atoms with Crippen molar-refractivity contribution in [2.75, 3.05) is 6.61 Å². The summed E-state index contributed by atoms with van der Waals surface area (Å²) in [4.78, 5) is 22.4. The molecule has 0 saturated carbocycles. The van der Waals surface area contributed by atoms with Crippen molar-refractivity contribution in [3.05, 3.63) is 28.8 Å². The molecule has 0 radical (unpaired) electrons. The molecule has 3 rings (SSSR count). The van der Waals surface area contributed by atoms with Crippen LogP contribution in [0.15, 0.2) is 12.1 Å². The Morgan fingerprint density at radius 3 is 3.00 bits per heavy atom. The molecule has 0 amide bonds. The lowest BCUT2D eigenvalue weighted by molar-refractivity contribution is -0.143. The predicted molar refractivity (Wildman–Crippen MR) is 63.8 cm³/mol. The fourth-order valence-corrected chi connectivity index (χ4v) is 2.68. The van der Waals surface area contributed by atoms with Crippen LogP contribution in [-0.4, -0.2) is 24.5 Å². The van der Waals surface area contributed by atoms with E-state index in [9.17, 15) is 9.59 Å². The third-order valence-corrected chi connectivity index (χ3v) is 3.49. The molecule has 0 unspecified atom stereocenters. The summed E-state index contributed by atoms with van der Waals surface area (Å²) < 4.78 is 10.7. The number of hydrogen-bond acceptors (Lipinski definition) is 4. The topological polar surface area (TPSA) is 52.6 Å². The average Bonchev–Trinajstić information content (AvgIpc) is 2.90. The molecule has 94 valence electrons. The number of esters is 1. The number of carbonyl (C=O) groups is 2. The summed E-state index contributed by atoms with van der Waals surface area (Å²) in [7, 11) is 0. The van der Waals surface area contributed by atoms with E-state index in [1.807, 2.05) is 12.1 Å². The summed E-state index contributed by atoms with van der Waals surface area (Å²) in [6.45, 7) is 1.66. The fraction of sp³-hybridized carbons (Fsp3) is 0.429. The van der Waals surface area contributed by atoms with E-state index in [2.05, 4.69) is 0 Å². The van der Waals surface area contributed by atoms with Gasteiger partial charge in [0.15, 0.2) is 5.78 Å².